The van der Waals surface area contributed by atoms with Crippen LogP contribution in [0.15, 0.2) is 42.7 Å². The Labute approximate surface area is 189 Å². The van der Waals surface area contributed by atoms with E-state index < -0.39 is 0 Å². The van der Waals surface area contributed by atoms with Gasteiger partial charge in [-0.25, -0.2) is 0 Å². The summed E-state index contributed by atoms with van der Waals surface area (Å²) in [7, 11) is 3.16. The number of aryl methyl sites for hydroxylation is 1. The molecule has 0 amide bonds. The molecule has 5 rings (SSSR count). The smallest absolute Gasteiger partial charge is 0.166 e. The van der Waals surface area contributed by atoms with Crippen molar-refractivity contribution in [3.05, 3.63) is 59.0 Å². The molecule has 0 aliphatic heterocycles. The number of hydrogen-bond donors (Lipinski definition) is 2. The SMILES string of the molecule is COc1cnc2c(-c3[nH]c4c(c3Nc3cccc(Cl)c3OC)C(=O)CCC4)ccnc2c1. The lowest BCUT2D eigenvalue weighted by molar-refractivity contribution is 0.0973. The second kappa shape index (κ2) is 8.16. The molecule has 0 fully saturated rings. The number of benzene rings is 1. The van der Waals surface area contributed by atoms with Crippen molar-refractivity contribution in [3.63, 3.8) is 0 Å². The van der Waals surface area contributed by atoms with Crippen LogP contribution in [0.2, 0.25) is 5.02 Å². The maximum atomic E-state index is 12.9. The number of para-hydroxylation sites is 1. The monoisotopic (exact) mass is 448 g/mol. The molecular formula is C24H21ClN4O3. The number of carbonyl (C=O) groups is 1. The first-order valence-corrected chi connectivity index (χ1v) is 10.6. The number of H-pyrrole nitrogens is 1. The molecule has 162 valence electrons. The topological polar surface area (TPSA) is 89.1 Å². The zero-order chi connectivity index (χ0) is 22.2. The van der Waals surface area contributed by atoms with Crippen molar-refractivity contribution in [3.8, 4) is 22.8 Å². The summed E-state index contributed by atoms with van der Waals surface area (Å²) in [6.45, 7) is 0. The molecule has 4 aromatic rings. The third-order valence-electron chi connectivity index (χ3n) is 5.68. The quantitative estimate of drug-likeness (QED) is 0.415. The first-order chi connectivity index (χ1) is 15.6. The standard InChI is InChI=1S/C24H21ClN4O3/c1-31-13-11-18-21(27-12-13)14(9-10-26-18)22-23(20-16(28-22)6-4-8-19(20)30)29-17-7-3-5-15(25)24(17)32-2/h3,5,7,9-12,28-29H,4,6,8H2,1-2H3. The second-order valence-corrected chi connectivity index (χ2v) is 7.96. The van der Waals surface area contributed by atoms with Crippen molar-refractivity contribution in [1.82, 2.24) is 15.0 Å². The lowest BCUT2D eigenvalue weighted by Crippen LogP contribution is -2.11. The Kier molecular flexibility index (Phi) is 5.19. The normalized spacial score (nSPS) is 13.2. The largest absolute Gasteiger partial charge is 0.495 e. The van der Waals surface area contributed by atoms with Gasteiger partial charge in [-0.1, -0.05) is 17.7 Å². The van der Waals surface area contributed by atoms with Gasteiger partial charge in [-0.15, -0.1) is 0 Å². The number of nitrogens with zero attached hydrogens (tertiary/aromatic N) is 2. The molecule has 0 bridgehead atoms. The van der Waals surface area contributed by atoms with Crippen LogP contribution in [0.25, 0.3) is 22.3 Å². The van der Waals surface area contributed by atoms with Crippen LogP contribution in [-0.4, -0.2) is 35.0 Å². The number of rotatable bonds is 5. The van der Waals surface area contributed by atoms with Crippen molar-refractivity contribution in [2.45, 2.75) is 19.3 Å². The molecule has 0 atom stereocenters. The van der Waals surface area contributed by atoms with Gasteiger partial charge in [-0.05, 0) is 31.0 Å². The summed E-state index contributed by atoms with van der Waals surface area (Å²) < 4.78 is 10.8. The van der Waals surface area contributed by atoms with Crippen LogP contribution in [0.3, 0.4) is 0 Å². The number of anilines is 2. The van der Waals surface area contributed by atoms with Crippen molar-refractivity contribution in [1.29, 1.82) is 0 Å². The van der Waals surface area contributed by atoms with Crippen molar-refractivity contribution in [2.75, 3.05) is 19.5 Å². The van der Waals surface area contributed by atoms with Gasteiger partial charge in [0.2, 0.25) is 0 Å². The highest BCUT2D eigenvalue weighted by Gasteiger charge is 2.28. The summed E-state index contributed by atoms with van der Waals surface area (Å²) in [4.78, 5) is 25.5. The van der Waals surface area contributed by atoms with Gasteiger partial charge in [-0.3, -0.25) is 14.8 Å². The van der Waals surface area contributed by atoms with Crippen LogP contribution in [0.4, 0.5) is 11.4 Å². The third kappa shape index (κ3) is 3.35. The van der Waals surface area contributed by atoms with E-state index in [1.54, 1.807) is 32.7 Å². The molecule has 1 aliphatic rings. The molecule has 3 aromatic heterocycles. The number of fused-ring (bicyclic) bond motifs is 2. The molecule has 2 N–H and O–H groups in total. The fraction of sp³-hybridized carbons (Fsp3) is 0.208. The van der Waals surface area contributed by atoms with Crippen molar-refractivity contribution < 1.29 is 14.3 Å². The number of aromatic amines is 1. The molecule has 8 heteroatoms. The average Bonchev–Trinajstić information content (AvgIpc) is 3.17. The molecule has 0 spiro atoms. The zero-order valence-corrected chi connectivity index (χ0v) is 18.4. The number of hydrogen-bond acceptors (Lipinski definition) is 6. The van der Waals surface area contributed by atoms with Gasteiger partial charge >= 0.3 is 0 Å². The highest BCUT2D eigenvalue weighted by atomic mass is 35.5. The molecule has 0 saturated carbocycles. The fourth-order valence-electron chi connectivity index (χ4n) is 4.20. The van der Waals surface area contributed by atoms with E-state index in [9.17, 15) is 4.79 Å². The van der Waals surface area contributed by atoms with Gasteiger partial charge in [0.1, 0.15) is 5.75 Å². The van der Waals surface area contributed by atoms with Gasteiger partial charge in [0, 0.05) is 29.9 Å². The predicted molar refractivity (Wildman–Crippen MR) is 124 cm³/mol. The summed E-state index contributed by atoms with van der Waals surface area (Å²) >= 11 is 6.34. The Balaban J connectivity index is 1.74. The molecular weight excluding hydrogens is 428 g/mol. The summed E-state index contributed by atoms with van der Waals surface area (Å²) in [5, 5.41) is 3.91. The molecule has 0 unspecified atom stereocenters. The Morgan fingerprint density at radius 1 is 1.12 bits per heavy atom. The first-order valence-electron chi connectivity index (χ1n) is 10.3. The molecule has 32 heavy (non-hydrogen) atoms. The minimum Gasteiger partial charge on any atom is -0.495 e. The van der Waals surface area contributed by atoms with Crippen LogP contribution in [-0.2, 0) is 6.42 Å². The van der Waals surface area contributed by atoms with Gasteiger partial charge in [0.25, 0.3) is 0 Å². The number of Topliss-reactive ketones (excluding diaryl/α,β-unsaturated/α-hetero) is 1. The van der Waals surface area contributed by atoms with Crippen LogP contribution in [0, 0.1) is 0 Å². The van der Waals surface area contributed by atoms with E-state index in [1.807, 2.05) is 24.3 Å². The highest BCUT2D eigenvalue weighted by Crippen LogP contribution is 2.43. The molecule has 1 aromatic carbocycles. The number of halogens is 1. The number of carbonyl (C=O) groups excluding carboxylic acids is 1. The maximum absolute atomic E-state index is 12.9. The average molecular weight is 449 g/mol. The summed E-state index contributed by atoms with van der Waals surface area (Å²) in [6, 6.07) is 9.20. The van der Waals surface area contributed by atoms with E-state index in [2.05, 4.69) is 20.3 Å². The Bertz CT molecular complexity index is 1350. The van der Waals surface area contributed by atoms with E-state index in [-0.39, 0.29) is 5.78 Å². The molecule has 0 saturated heterocycles. The predicted octanol–water partition coefficient (Wildman–Crippen LogP) is 5.56. The lowest BCUT2D eigenvalue weighted by Gasteiger charge is -2.16. The van der Waals surface area contributed by atoms with Gasteiger partial charge in [-0.2, -0.15) is 0 Å². The second-order valence-electron chi connectivity index (χ2n) is 7.55. The van der Waals surface area contributed by atoms with Crippen molar-refractivity contribution in [2.24, 2.45) is 0 Å². The molecule has 0 radical (unpaired) electrons. The number of ether oxygens (including phenoxy) is 2. The highest BCUT2D eigenvalue weighted by molar-refractivity contribution is 6.32. The minimum absolute atomic E-state index is 0.102. The first kappa shape index (κ1) is 20.3. The molecule has 7 nitrogen and oxygen atoms in total. The van der Waals surface area contributed by atoms with Crippen LogP contribution < -0.4 is 14.8 Å². The van der Waals surface area contributed by atoms with Gasteiger partial charge in [0.15, 0.2) is 11.5 Å². The third-order valence-corrected chi connectivity index (χ3v) is 5.97. The van der Waals surface area contributed by atoms with Gasteiger partial charge in [0.05, 0.1) is 59.1 Å². The lowest BCUT2D eigenvalue weighted by atomic mass is 9.94. The van der Waals surface area contributed by atoms with E-state index in [0.29, 0.717) is 50.9 Å². The molecule has 1 aliphatic carbocycles. The maximum Gasteiger partial charge on any atom is 0.166 e. The van der Waals surface area contributed by atoms with E-state index >= 15 is 0 Å². The zero-order valence-electron chi connectivity index (χ0n) is 17.7. The Morgan fingerprint density at radius 2 is 2.00 bits per heavy atom. The van der Waals surface area contributed by atoms with Crippen LogP contribution in [0.1, 0.15) is 28.9 Å². The van der Waals surface area contributed by atoms with E-state index in [1.165, 1.54) is 0 Å². The van der Waals surface area contributed by atoms with Crippen molar-refractivity contribution >= 4 is 39.8 Å². The molecule has 3 heterocycles. The summed E-state index contributed by atoms with van der Waals surface area (Å²) in [5.74, 6) is 1.25. The van der Waals surface area contributed by atoms with E-state index in [4.69, 9.17) is 21.1 Å². The number of nitrogens with one attached hydrogen (secondary N) is 2. The van der Waals surface area contributed by atoms with E-state index in [0.717, 1.165) is 29.8 Å². The minimum atomic E-state index is 0.102. The van der Waals surface area contributed by atoms with Crippen LogP contribution in [0.5, 0.6) is 11.5 Å². The Morgan fingerprint density at radius 3 is 2.81 bits per heavy atom. The summed E-state index contributed by atoms with van der Waals surface area (Å²) in [6.07, 6.45) is 5.52. The fourth-order valence-corrected chi connectivity index (χ4v) is 4.45. The number of aromatic nitrogens is 3. The number of ketones is 1. The number of methoxy groups -OCH3 is 2. The Hall–Kier alpha value is -3.58. The van der Waals surface area contributed by atoms with Crippen LogP contribution >= 0.6 is 11.6 Å². The summed E-state index contributed by atoms with van der Waals surface area (Å²) in [5.41, 5.74) is 5.97. The van der Waals surface area contributed by atoms with Gasteiger partial charge < -0.3 is 19.8 Å². The number of pyridine rings is 2.